The van der Waals surface area contributed by atoms with Crippen LogP contribution in [0.3, 0.4) is 0 Å². The molecule has 0 bridgehead atoms. The van der Waals surface area contributed by atoms with Gasteiger partial charge in [-0.2, -0.15) is 0 Å². The molecule has 0 unspecified atom stereocenters. The average molecular weight is 688 g/mol. The van der Waals surface area contributed by atoms with Crippen molar-refractivity contribution >= 4 is 85.0 Å². The summed E-state index contributed by atoms with van der Waals surface area (Å²) in [7, 11) is 0. The standard InChI is InChI=1S/C45H25N3OS2/c1-2-12-26(13-3-1)43-46-44(34-21-11-25-38-39(34)33-15-5-7-24-37(33)50-38)48-45(47-43)35-22-9-17-29-28-16-8-18-30(40(28)49-41(29)35)32-20-10-19-31-27-14-4-6-23-36(27)51-42(31)32/h1-25H. The summed E-state index contributed by atoms with van der Waals surface area (Å²) >= 11 is 3.62. The van der Waals surface area contributed by atoms with Crippen LogP contribution in [0.5, 0.6) is 0 Å². The fraction of sp³-hybridized carbons (Fsp3) is 0. The number of nitrogens with zero attached hydrogens (tertiary/aromatic N) is 3. The van der Waals surface area contributed by atoms with Crippen molar-refractivity contribution in [3.05, 3.63) is 152 Å². The quantitative estimate of drug-likeness (QED) is 0.185. The van der Waals surface area contributed by atoms with Crippen LogP contribution in [0.25, 0.3) is 108 Å². The van der Waals surface area contributed by atoms with Crippen LogP contribution in [-0.2, 0) is 0 Å². The van der Waals surface area contributed by atoms with Gasteiger partial charge in [0, 0.05) is 73.4 Å². The molecule has 51 heavy (non-hydrogen) atoms. The molecule has 0 aliphatic carbocycles. The van der Waals surface area contributed by atoms with Gasteiger partial charge >= 0.3 is 0 Å². The van der Waals surface area contributed by atoms with Crippen LogP contribution >= 0.6 is 22.7 Å². The van der Waals surface area contributed by atoms with Crippen LogP contribution in [0.2, 0.25) is 0 Å². The normalized spacial score (nSPS) is 11.9. The van der Waals surface area contributed by atoms with Gasteiger partial charge in [-0.25, -0.2) is 15.0 Å². The van der Waals surface area contributed by atoms with Crippen molar-refractivity contribution in [3.8, 4) is 45.3 Å². The zero-order valence-electron chi connectivity index (χ0n) is 27.0. The van der Waals surface area contributed by atoms with E-state index in [0.717, 1.165) is 49.6 Å². The summed E-state index contributed by atoms with van der Waals surface area (Å²) in [5.74, 6) is 1.84. The van der Waals surface area contributed by atoms with Gasteiger partial charge in [0.15, 0.2) is 17.5 Å². The predicted octanol–water partition coefficient (Wildman–Crippen LogP) is 13.2. The summed E-state index contributed by atoms with van der Waals surface area (Å²) in [4.78, 5) is 15.5. The Labute approximate surface area is 299 Å². The molecule has 4 nitrogen and oxygen atoms in total. The number of hydrogen-bond acceptors (Lipinski definition) is 6. The molecule has 0 aliphatic heterocycles. The van der Waals surface area contributed by atoms with E-state index in [1.165, 1.54) is 40.5 Å². The summed E-state index contributed by atoms with van der Waals surface area (Å²) < 4.78 is 12.0. The minimum atomic E-state index is 0.577. The Balaban J connectivity index is 1.16. The molecule has 4 aromatic heterocycles. The Morgan fingerprint density at radius 3 is 1.69 bits per heavy atom. The molecule has 0 fully saturated rings. The molecule has 0 atom stereocenters. The monoisotopic (exact) mass is 687 g/mol. The van der Waals surface area contributed by atoms with Gasteiger partial charge in [0.05, 0.1) is 5.56 Å². The fourth-order valence-electron chi connectivity index (χ4n) is 7.46. The zero-order valence-corrected chi connectivity index (χ0v) is 28.6. The molecule has 7 aromatic carbocycles. The minimum absolute atomic E-state index is 0.577. The summed E-state index contributed by atoms with van der Waals surface area (Å²) in [5.41, 5.74) is 6.61. The molecule has 4 heterocycles. The van der Waals surface area contributed by atoms with Crippen LogP contribution in [0.1, 0.15) is 0 Å². The van der Waals surface area contributed by atoms with Gasteiger partial charge in [-0.3, -0.25) is 0 Å². The van der Waals surface area contributed by atoms with Gasteiger partial charge in [-0.15, -0.1) is 22.7 Å². The first-order valence-corrected chi connectivity index (χ1v) is 18.5. The van der Waals surface area contributed by atoms with E-state index in [-0.39, 0.29) is 0 Å². The lowest BCUT2D eigenvalue weighted by molar-refractivity contribution is 0.670. The van der Waals surface area contributed by atoms with Gasteiger partial charge < -0.3 is 4.42 Å². The highest BCUT2D eigenvalue weighted by atomic mass is 32.1. The first-order valence-electron chi connectivity index (χ1n) is 16.9. The third-order valence-corrected chi connectivity index (χ3v) is 12.1. The molecule has 0 spiro atoms. The van der Waals surface area contributed by atoms with E-state index in [2.05, 4.69) is 121 Å². The number of rotatable bonds is 4. The van der Waals surface area contributed by atoms with Crippen molar-refractivity contribution in [1.82, 2.24) is 15.0 Å². The summed E-state index contributed by atoms with van der Waals surface area (Å²) in [6.07, 6.45) is 0. The van der Waals surface area contributed by atoms with Crippen LogP contribution in [0.4, 0.5) is 0 Å². The molecule has 11 aromatic rings. The summed E-state index contributed by atoms with van der Waals surface area (Å²) in [6, 6.07) is 53.0. The second-order valence-corrected chi connectivity index (χ2v) is 14.8. The van der Waals surface area contributed by atoms with Gasteiger partial charge in [0.2, 0.25) is 0 Å². The van der Waals surface area contributed by atoms with Gasteiger partial charge in [0.25, 0.3) is 0 Å². The van der Waals surface area contributed by atoms with E-state index in [0.29, 0.717) is 17.5 Å². The lowest BCUT2D eigenvalue weighted by atomic mass is 10.00. The van der Waals surface area contributed by atoms with Crippen molar-refractivity contribution in [2.75, 3.05) is 0 Å². The van der Waals surface area contributed by atoms with Crippen molar-refractivity contribution in [2.24, 2.45) is 0 Å². The average Bonchev–Trinajstić information content (AvgIpc) is 3.89. The third kappa shape index (κ3) is 4.40. The Hall–Kier alpha value is -6.21. The SMILES string of the molecule is c1ccc(-c2nc(-c3cccc4c3oc3c(-c5cccc6c5sc5ccccc56)cccc34)nc(-c3cccc4sc5ccccc5c34)n2)cc1. The van der Waals surface area contributed by atoms with Crippen molar-refractivity contribution in [1.29, 1.82) is 0 Å². The van der Waals surface area contributed by atoms with E-state index >= 15 is 0 Å². The molecule has 0 saturated carbocycles. The van der Waals surface area contributed by atoms with E-state index in [4.69, 9.17) is 19.4 Å². The van der Waals surface area contributed by atoms with Crippen LogP contribution in [-0.4, -0.2) is 15.0 Å². The van der Waals surface area contributed by atoms with E-state index in [1.54, 1.807) is 11.3 Å². The van der Waals surface area contributed by atoms with Gasteiger partial charge in [-0.05, 0) is 24.3 Å². The third-order valence-electron chi connectivity index (χ3n) is 9.77. The van der Waals surface area contributed by atoms with Crippen molar-refractivity contribution < 1.29 is 4.42 Å². The Morgan fingerprint density at radius 1 is 0.353 bits per heavy atom. The molecule has 0 aliphatic rings. The minimum Gasteiger partial charge on any atom is -0.455 e. The molecule has 238 valence electrons. The van der Waals surface area contributed by atoms with Gasteiger partial charge in [0.1, 0.15) is 11.2 Å². The van der Waals surface area contributed by atoms with Crippen molar-refractivity contribution in [3.63, 3.8) is 0 Å². The Bertz CT molecular complexity index is 3160. The molecule has 0 saturated heterocycles. The number of aromatic nitrogens is 3. The molecule has 6 heteroatoms. The first kappa shape index (κ1) is 28.6. The number of benzene rings is 7. The smallest absolute Gasteiger partial charge is 0.167 e. The molecule has 0 N–H and O–H groups in total. The highest BCUT2D eigenvalue weighted by molar-refractivity contribution is 7.26. The highest BCUT2D eigenvalue weighted by Crippen LogP contribution is 2.45. The second kappa shape index (κ2) is 11.2. The first-order chi connectivity index (χ1) is 25.3. The summed E-state index contributed by atoms with van der Waals surface area (Å²) in [6.45, 7) is 0. The Kier molecular flexibility index (Phi) is 6.26. The van der Waals surface area contributed by atoms with Gasteiger partial charge in [-0.1, -0.05) is 127 Å². The number of fused-ring (bicyclic) bond motifs is 9. The second-order valence-electron chi connectivity index (χ2n) is 12.7. The highest BCUT2D eigenvalue weighted by Gasteiger charge is 2.21. The lowest BCUT2D eigenvalue weighted by Gasteiger charge is -2.10. The van der Waals surface area contributed by atoms with Crippen LogP contribution in [0.15, 0.2) is 156 Å². The molecule has 11 rings (SSSR count). The maximum absolute atomic E-state index is 6.96. The largest absolute Gasteiger partial charge is 0.455 e. The maximum atomic E-state index is 6.96. The molecular formula is C45H25N3OS2. The molecular weight excluding hydrogens is 663 g/mol. The Morgan fingerprint density at radius 2 is 0.882 bits per heavy atom. The zero-order chi connectivity index (χ0) is 33.5. The lowest BCUT2D eigenvalue weighted by Crippen LogP contribution is -2.00. The molecule has 0 radical (unpaired) electrons. The van der Waals surface area contributed by atoms with Crippen LogP contribution in [0, 0.1) is 0 Å². The summed E-state index contributed by atoms with van der Waals surface area (Å²) in [5, 5.41) is 7.01. The van der Waals surface area contributed by atoms with Crippen LogP contribution < -0.4 is 0 Å². The fourth-order valence-corrected chi connectivity index (χ4v) is 9.82. The topological polar surface area (TPSA) is 51.8 Å². The molecule has 0 amide bonds. The predicted molar refractivity (Wildman–Crippen MR) is 215 cm³/mol. The number of hydrogen-bond donors (Lipinski definition) is 0. The maximum Gasteiger partial charge on any atom is 0.167 e. The number of thiophene rings is 2. The van der Waals surface area contributed by atoms with E-state index in [1.807, 2.05) is 41.7 Å². The van der Waals surface area contributed by atoms with E-state index < -0.39 is 0 Å². The van der Waals surface area contributed by atoms with Crippen molar-refractivity contribution in [2.45, 2.75) is 0 Å². The number of furan rings is 1. The number of para-hydroxylation sites is 2. The van der Waals surface area contributed by atoms with E-state index in [9.17, 15) is 0 Å².